The van der Waals surface area contributed by atoms with Crippen molar-refractivity contribution in [1.29, 1.82) is 0 Å². The predicted molar refractivity (Wildman–Crippen MR) is 86.6 cm³/mol. The van der Waals surface area contributed by atoms with Gasteiger partial charge in [0, 0.05) is 25.7 Å². The van der Waals surface area contributed by atoms with E-state index in [-0.39, 0.29) is 0 Å². The summed E-state index contributed by atoms with van der Waals surface area (Å²) in [4.78, 5) is 11.1. The first kappa shape index (κ1) is 13.9. The first-order valence-corrected chi connectivity index (χ1v) is 7.68. The highest BCUT2D eigenvalue weighted by Crippen LogP contribution is 2.19. The molecule has 0 bridgehead atoms. The molecule has 4 heteroatoms. The molecule has 1 aliphatic rings. The van der Waals surface area contributed by atoms with Gasteiger partial charge in [-0.1, -0.05) is 24.3 Å². The quantitative estimate of drug-likeness (QED) is 0.933. The lowest BCUT2D eigenvalue weighted by Crippen LogP contribution is -2.30. The molecule has 0 aliphatic carbocycles. The Morgan fingerprint density at radius 2 is 1.90 bits per heavy atom. The summed E-state index contributed by atoms with van der Waals surface area (Å²) < 4.78 is 0. The fourth-order valence-corrected chi connectivity index (χ4v) is 2.73. The number of aryl methyl sites for hydroxylation is 1. The summed E-state index contributed by atoms with van der Waals surface area (Å²) in [7, 11) is 0. The lowest BCUT2D eigenvalue weighted by molar-refractivity contribution is 0.573. The van der Waals surface area contributed by atoms with Gasteiger partial charge in [-0.05, 0) is 37.3 Å². The second-order valence-corrected chi connectivity index (χ2v) is 5.59. The fourth-order valence-electron chi connectivity index (χ4n) is 2.73. The maximum atomic E-state index is 4.41. The van der Waals surface area contributed by atoms with E-state index in [4.69, 9.17) is 0 Å². The molecule has 0 unspecified atom stereocenters. The Kier molecular flexibility index (Phi) is 4.34. The van der Waals surface area contributed by atoms with Crippen molar-refractivity contribution in [3.8, 4) is 0 Å². The van der Waals surface area contributed by atoms with Crippen LogP contribution in [-0.4, -0.2) is 23.1 Å². The van der Waals surface area contributed by atoms with Gasteiger partial charge in [-0.2, -0.15) is 0 Å². The highest BCUT2D eigenvalue weighted by Gasteiger charge is 2.12. The highest BCUT2D eigenvalue weighted by molar-refractivity contribution is 5.49. The van der Waals surface area contributed by atoms with Gasteiger partial charge in [0.05, 0.1) is 0 Å². The van der Waals surface area contributed by atoms with Crippen molar-refractivity contribution in [3.05, 3.63) is 47.8 Å². The van der Waals surface area contributed by atoms with Crippen LogP contribution < -0.4 is 10.2 Å². The number of benzene rings is 1. The molecule has 1 N–H and O–H groups in total. The monoisotopic (exact) mass is 282 g/mol. The van der Waals surface area contributed by atoms with Gasteiger partial charge in [0.2, 0.25) is 0 Å². The van der Waals surface area contributed by atoms with Crippen molar-refractivity contribution in [2.75, 3.05) is 23.3 Å². The molecular weight excluding hydrogens is 260 g/mol. The van der Waals surface area contributed by atoms with E-state index in [1.165, 1.54) is 30.4 Å². The minimum Gasteiger partial charge on any atom is -0.366 e. The summed E-state index contributed by atoms with van der Waals surface area (Å²) in [5.41, 5.74) is 2.60. The number of hydrogen-bond acceptors (Lipinski definition) is 4. The van der Waals surface area contributed by atoms with E-state index in [0.29, 0.717) is 0 Å². The van der Waals surface area contributed by atoms with Gasteiger partial charge in [0.15, 0.2) is 0 Å². The molecule has 0 amide bonds. The van der Waals surface area contributed by atoms with Crippen LogP contribution in [0.3, 0.4) is 0 Å². The van der Waals surface area contributed by atoms with Crippen LogP contribution in [0.5, 0.6) is 0 Å². The van der Waals surface area contributed by atoms with Crippen molar-refractivity contribution >= 4 is 11.6 Å². The van der Waals surface area contributed by atoms with E-state index in [1.54, 1.807) is 6.33 Å². The van der Waals surface area contributed by atoms with Crippen molar-refractivity contribution in [1.82, 2.24) is 9.97 Å². The summed E-state index contributed by atoms with van der Waals surface area (Å²) in [6.07, 6.45) is 5.51. The first-order valence-electron chi connectivity index (χ1n) is 7.68. The zero-order valence-electron chi connectivity index (χ0n) is 12.5. The second-order valence-electron chi connectivity index (χ2n) is 5.59. The zero-order chi connectivity index (χ0) is 14.5. The van der Waals surface area contributed by atoms with E-state index in [9.17, 15) is 0 Å². The summed E-state index contributed by atoms with van der Waals surface area (Å²) in [6.45, 7) is 5.14. The Hall–Kier alpha value is -2.10. The Balaban J connectivity index is 1.67. The van der Waals surface area contributed by atoms with Crippen LogP contribution in [0.1, 0.15) is 30.4 Å². The van der Waals surface area contributed by atoms with Gasteiger partial charge in [0.25, 0.3) is 0 Å². The van der Waals surface area contributed by atoms with E-state index in [0.717, 1.165) is 31.3 Å². The maximum absolute atomic E-state index is 4.41. The molecule has 0 radical (unpaired) electrons. The minimum absolute atomic E-state index is 0.795. The third kappa shape index (κ3) is 3.51. The highest BCUT2D eigenvalue weighted by atomic mass is 15.2. The SMILES string of the molecule is Cc1ccccc1CNc1cc(N2CCCCC2)ncn1. The van der Waals surface area contributed by atoms with Crippen molar-refractivity contribution in [3.63, 3.8) is 0 Å². The number of nitrogens with zero attached hydrogens (tertiary/aromatic N) is 3. The molecule has 0 spiro atoms. The van der Waals surface area contributed by atoms with Crippen LogP contribution in [-0.2, 0) is 6.54 Å². The number of anilines is 2. The second kappa shape index (κ2) is 6.57. The average molecular weight is 282 g/mol. The third-order valence-corrected chi connectivity index (χ3v) is 4.05. The molecule has 21 heavy (non-hydrogen) atoms. The average Bonchev–Trinajstić information content (AvgIpc) is 2.55. The van der Waals surface area contributed by atoms with Gasteiger partial charge in [-0.3, -0.25) is 0 Å². The molecule has 1 saturated heterocycles. The summed E-state index contributed by atoms with van der Waals surface area (Å²) in [5.74, 6) is 1.94. The molecule has 1 aliphatic heterocycles. The number of aromatic nitrogens is 2. The number of hydrogen-bond donors (Lipinski definition) is 1. The smallest absolute Gasteiger partial charge is 0.134 e. The van der Waals surface area contributed by atoms with Gasteiger partial charge in [-0.15, -0.1) is 0 Å². The lowest BCUT2D eigenvalue weighted by atomic mass is 10.1. The zero-order valence-corrected chi connectivity index (χ0v) is 12.5. The third-order valence-electron chi connectivity index (χ3n) is 4.05. The predicted octanol–water partition coefficient (Wildman–Crippen LogP) is 3.39. The minimum atomic E-state index is 0.795. The molecule has 0 atom stereocenters. The molecule has 1 aromatic carbocycles. The first-order chi connectivity index (χ1) is 10.3. The van der Waals surface area contributed by atoms with E-state index in [1.807, 2.05) is 0 Å². The van der Waals surface area contributed by atoms with Gasteiger partial charge in [-0.25, -0.2) is 9.97 Å². The van der Waals surface area contributed by atoms with Crippen LogP contribution in [0.2, 0.25) is 0 Å². The van der Waals surface area contributed by atoms with Crippen LogP contribution in [0, 0.1) is 6.92 Å². The molecule has 3 rings (SSSR count). The lowest BCUT2D eigenvalue weighted by Gasteiger charge is -2.27. The van der Waals surface area contributed by atoms with Crippen LogP contribution in [0.4, 0.5) is 11.6 Å². The van der Waals surface area contributed by atoms with Crippen molar-refractivity contribution < 1.29 is 0 Å². The molecule has 2 aromatic rings. The van der Waals surface area contributed by atoms with E-state index in [2.05, 4.69) is 57.4 Å². The molecule has 4 nitrogen and oxygen atoms in total. The molecule has 2 heterocycles. The largest absolute Gasteiger partial charge is 0.366 e. The van der Waals surface area contributed by atoms with Gasteiger partial charge in [0.1, 0.15) is 18.0 Å². The number of piperidine rings is 1. The Labute approximate surface area is 126 Å². The standard InChI is InChI=1S/C17H22N4/c1-14-7-3-4-8-15(14)12-18-16-11-17(20-13-19-16)21-9-5-2-6-10-21/h3-4,7-8,11,13H,2,5-6,9-10,12H2,1H3,(H,18,19,20). The number of nitrogens with one attached hydrogen (secondary N) is 1. The van der Waals surface area contributed by atoms with E-state index < -0.39 is 0 Å². The van der Waals surface area contributed by atoms with Crippen LogP contribution in [0.15, 0.2) is 36.7 Å². The van der Waals surface area contributed by atoms with Crippen LogP contribution in [0.25, 0.3) is 0 Å². The summed E-state index contributed by atoms with van der Waals surface area (Å²) in [5, 5.41) is 3.40. The molecular formula is C17H22N4. The molecule has 110 valence electrons. The number of rotatable bonds is 4. The topological polar surface area (TPSA) is 41.0 Å². The summed E-state index contributed by atoms with van der Waals surface area (Å²) >= 11 is 0. The van der Waals surface area contributed by atoms with Crippen molar-refractivity contribution in [2.24, 2.45) is 0 Å². The molecule has 1 fully saturated rings. The molecule has 0 saturated carbocycles. The Morgan fingerprint density at radius 1 is 1.10 bits per heavy atom. The van der Waals surface area contributed by atoms with Crippen molar-refractivity contribution in [2.45, 2.75) is 32.7 Å². The Bertz CT molecular complexity index is 591. The summed E-state index contributed by atoms with van der Waals surface area (Å²) in [6, 6.07) is 10.5. The van der Waals surface area contributed by atoms with E-state index >= 15 is 0 Å². The fraction of sp³-hybridized carbons (Fsp3) is 0.412. The normalized spacial score (nSPS) is 15.0. The Morgan fingerprint density at radius 3 is 2.71 bits per heavy atom. The maximum Gasteiger partial charge on any atom is 0.134 e. The van der Waals surface area contributed by atoms with Gasteiger partial charge >= 0.3 is 0 Å². The van der Waals surface area contributed by atoms with Gasteiger partial charge < -0.3 is 10.2 Å². The molecule has 1 aromatic heterocycles. The van der Waals surface area contributed by atoms with Crippen LogP contribution >= 0.6 is 0 Å².